The number of rotatable bonds is 7. The van der Waals surface area contributed by atoms with Crippen LogP contribution < -0.4 is 11.1 Å². The van der Waals surface area contributed by atoms with E-state index in [0.29, 0.717) is 11.9 Å². The highest BCUT2D eigenvalue weighted by Crippen LogP contribution is 2.34. The fourth-order valence-corrected chi connectivity index (χ4v) is 5.42. The van der Waals surface area contributed by atoms with Crippen LogP contribution in [-0.2, 0) is 6.42 Å². The molecule has 0 aliphatic carbocycles. The summed E-state index contributed by atoms with van der Waals surface area (Å²) in [4.78, 5) is 6.89. The lowest BCUT2D eigenvalue weighted by Crippen LogP contribution is -2.39. The summed E-state index contributed by atoms with van der Waals surface area (Å²) in [6.45, 7) is 12.9. The van der Waals surface area contributed by atoms with E-state index < -0.39 is 0 Å². The van der Waals surface area contributed by atoms with Crippen LogP contribution in [0.3, 0.4) is 0 Å². The van der Waals surface area contributed by atoms with Crippen molar-refractivity contribution in [1.29, 1.82) is 0 Å². The highest BCUT2D eigenvalue weighted by Gasteiger charge is 2.18. The first-order chi connectivity index (χ1) is 16.7. The molecule has 184 valence electrons. The number of nitrogens with two attached hydrogens (primary N) is 1. The summed E-state index contributed by atoms with van der Waals surface area (Å²) in [5.41, 5.74) is 15.1. The number of nitrogen functional groups attached to an aromatic ring is 1. The Kier molecular flexibility index (Phi) is 7.83. The van der Waals surface area contributed by atoms with Crippen LogP contribution in [0.1, 0.15) is 53.5 Å². The summed E-state index contributed by atoms with van der Waals surface area (Å²) < 4.78 is 0. The highest BCUT2D eigenvalue weighted by atomic mass is 35.5. The number of piperidine rings is 1. The molecule has 2 heterocycles. The average molecular weight is 489 g/mol. The third-order valence-corrected chi connectivity index (χ3v) is 7.78. The summed E-state index contributed by atoms with van der Waals surface area (Å²) in [5.74, 6) is 0.812. The number of aryl methyl sites for hydroxylation is 2. The molecule has 1 aromatic heterocycles. The van der Waals surface area contributed by atoms with Gasteiger partial charge in [0.2, 0.25) is 0 Å². The number of benzene rings is 2. The van der Waals surface area contributed by atoms with Crippen LogP contribution in [0.4, 0.5) is 5.82 Å². The van der Waals surface area contributed by atoms with Crippen LogP contribution in [0.5, 0.6) is 0 Å². The standard InChI is InChI=1S/C30H37ClN4/c1-19-6-7-20(2)29(31)28(19)21(3)16-25-17-26(18-33-30(25)32)24-10-8-23(9-11-24)22(4)34-27-12-14-35(5)15-13-27/h6-11,17-18,21,27,34H,4,12-16H2,1-3,5H3,(H2,32,33). The molecule has 1 unspecified atom stereocenters. The normalized spacial score (nSPS) is 15.7. The largest absolute Gasteiger partial charge is 0.383 e. The Hall–Kier alpha value is -2.82. The van der Waals surface area contributed by atoms with Gasteiger partial charge >= 0.3 is 0 Å². The van der Waals surface area contributed by atoms with E-state index in [1.807, 2.05) is 6.20 Å². The molecular formula is C30H37ClN4. The number of nitrogens with one attached hydrogen (secondary N) is 1. The van der Waals surface area contributed by atoms with Crippen molar-refractivity contribution in [2.75, 3.05) is 25.9 Å². The van der Waals surface area contributed by atoms with Crippen LogP contribution in [0.15, 0.2) is 55.2 Å². The predicted molar refractivity (Wildman–Crippen MR) is 150 cm³/mol. The van der Waals surface area contributed by atoms with Gasteiger partial charge in [0, 0.05) is 28.5 Å². The van der Waals surface area contributed by atoms with Gasteiger partial charge in [-0.3, -0.25) is 0 Å². The van der Waals surface area contributed by atoms with Crippen molar-refractivity contribution in [3.63, 3.8) is 0 Å². The lowest BCUT2D eigenvalue weighted by atomic mass is 9.89. The molecule has 0 radical (unpaired) electrons. The quantitative estimate of drug-likeness (QED) is 0.393. The van der Waals surface area contributed by atoms with Gasteiger partial charge in [-0.25, -0.2) is 4.98 Å². The van der Waals surface area contributed by atoms with Crippen LogP contribution >= 0.6 is 11.6 Å². The molecular weight excluding hydrogens is 452 g/mol. The maximum atomic E-state index is 6.67. The lowest BCUT2D eigenvalue weighted by Gasteiger charge is -2.30. The molecule has 3 N–H and O–H groups in total. The zero-order valence-electron chi connectivity index (χ0n) is 21.4. The number of pyridine rings is 1. The minimum absolute atomic E-state index is 0.234. The number of aromatic nitrogens is 1. The van der Waals surface area contributed by atoms with Gasteiger partial charge in [-0.05, 0) is 98.6 Å². The smallest absolute Gasteiger partial charge is 0.126 e. The number of likely N-dealkylation sites (tertiary alicyclic amines) is 1. The molecule has 0 bridgehead atoms. The van der Waals surface area contributed by atoms with Crippen molar-refractivity contribution in [2.45, 2.75) is 52.0 Å². The molecule has 1 aliphatic rings. The van der Waals surface area contributed by atoms with Crippen molar-refractivity contribution >= 4 is 23.1 Å². The zero-order chi connectivity index (χ0) is 25.1. The van der Waals surface area contributed by atoms with E-state index in [1.54, 1.807) is 0 Å². The van der Waals surface area contributed by atoms with E-state index >= 15 is 0 Å². The van der Waals surface area contributed by atoms with E-state index in [0.717, 1.165) is 70.9 Å². The highest BCUT2D eigenvalue weighted by molar-refractivity contribution is 6.32. The molecule has 35 heavy (non-hydrogen) atoms. The number of nitrogens with zero attached hydrogens (tertiary/aromatic N) is 2. The zero-order valence-corrected chi connectivity index (χ0v) is 22.1. The molecule has 5 heteroatoms. The third-order valence-electron chi connectivity index (χ3n) is 7.27. The van der Waals surface area contributed by atoms with Gasteiger partial charge in [-0.2, -0.15) is 0 Å². The second-order valence-corrected chi connectivity index (χ2v) is 10.5. The second-order valence-electron chi connectivity index (χ2n) is 10.1. The van der Waals surface area contributed by atoms with Crippen molar-refractivity contribution in [2.24, 2.45) is 0 Å². The summed E-state index contributed by atoms with van der Waals surface area (Å²) in [6, 6.07) is 15.4. The monoisotopic (exact) mass is 488 g/mol. The second kappa shape index (κ2) is 10.8. The Morgan fingerprint density at radius 1 is 1.11 bits per heavy atom. The molecule has 4 rings (SSSR count). The number of halogens is 1. The van der Waals surface area contributed by atoms with Crippen molar-refractivity contribution in [3.05, 3.63) is 88.1 Å². The van der Waals surface area contributed by atoms with Crippen molar-refractivity contribution in [3.8, 4) is 11.1 Å². The Morgan fingerprint density at radius 2 is 1.77 bits per heavy atom. The average Bonchev–Trinajstić information content (AvgIpc) is 2.84. The van der Waals surface area contributed by atoms with E-state index in [-0.39, 0.29) is 5.92 Å². The molecule has 1 saturated heterocycles. The van der Waals surface area contributed by atoms with Crippen molar-refractivity contribution < 1.29 is 0 Å². The molecule has 0 spiro atoms. The fraction of sp³-hybridized carbons (Fsp3) is 0.367. The minimum atomic E-state index is 0.234. The summed E-state index contributed by atoms with van der Waals surface area (Å²) in [7, 11) is 2.18. The van der Waals surface area contributed by atoms with Gasteiger partial charge in [0.1, 0.15) is 5.82 Å². The maximum Gasteiger partial charge on any atom is 0.126 e. The first-order valence-corrected chi connectivity index (χ1v) is 12.9. The topological polar surface area (TPSA) is 54.2 Å². The SMILES string of the molecule is C=C(NC1CCN(C)CC1)c1ccc(-c2cnc(N)c(CC(C)c3c(C)ccc(C)c3Cl)c2)cc1. The van der Waals surface area contributed by atoms with Gasteiger partial charge < -0.3 is 16.0 Å². The molecule has 3 aromatic rings. The van der Waals surface area contributed by atoms with Crippen molar-refractivity contribution in [1.82, 2.24) is 15.2 Å². The van der Waals surface area contributed by atoms with E-state index in [4.69, 9.17) is 17.3 Å². The van der Waals surface area contributed by atoms with E-state index in [9.17, 15) is 0 Å². The van der Waals surface area contributed by atoms with Crippen LogP contribution in [0, 0.1) is 13.8 Å². The molecule has 1 aliphatic heterocycles. The van der Waals surface area contributed by atoms with Gasteiger partial charge in [0.15, 0.2) is 0 Å². The molecule has 0 saturated carbocycles. The third kappa shape index (κ3) is 5.88. The minimum Gasteiger partial charge on any atom is -0.383 e. The van der Waals surface area contributed by atoms with Crippen LogP contribution in [-0.4, -0.2) is 36.1 Å². The molecule has 0 amide bonds. The molecule has 2 aromatic carbocycles. The van der Waals surface area contributed by atoms with Gasteiger partial charge in [-0.1, -0.05) is 61.5 Å². The lowest BCUT2D eigenvalue weighted by molar-refractivity contribution is 0.245. The summed E-state index contributed by atoms with van der Waals surface area (Å²) in [5, 5.41) is 4.47. The Balaban J connectivity index is 1.48. The molecule has 4 nitrogen and oxygen atoms in total. The number of anilines is 1. The van der Waals surface area contributed by atoms with Gasteiger partial charge in [-0.15, -0.1) is 0 Å². The Morgan fingerprint density at radius 3 is 2.46 bits per heavy atom. The first kappa shape index (κ1) is 25.3. The maximum absolute atomic E-state index is 6.67. The summed E-state index contributed by atoms with van der Waals surface area (Å²) >= 11 is 6.67. The number of hydrogen-bond donors (Lipinski definition) is 2. The Bertz CT molecular complexity index is 1190. The Labute approximate surface area is 215 Å². The van der Waals surface area contributed by atoms with Crippen LogP contribution in [0.2, 0.25) is 5.02 Å². The van der Waals surface area contributed by atoms with Crippen LogP contribution in [0.25, 0.3) is 16.8 Å². The van der Waals surface area contributed by atoms with E-state index in [2.05, 4.69) is 92.1 Å². The van der Waals surface area contributed by atoms with E-state index in [1.165, 1.54) is 11.1 Å². The molecule has 1 atom stereocenters. The summed E-state index contributed by atoms with van der Waals surface area (Å²) in [6.07, 6.45) is 4.94. The van der Waals surface area contributed by atoms with Gasteiger partial charge in [0.05, 0.1) is 0 Å². The fourth-order valence-electron chi connectivity index (χ4n) is 5.02. The molecule has 1 fully saturated rings. The number of hydrogen-bond acceptors (Lipinski definition) is 4. The van der Waals surface area contributed by atoms with Gasteiger partial charge in [0.25, 0.3) is 0 Å². The predicted octanol–water partition coefficient (Wildman–Crippen LogP) is 6.60. The first-order valence-electron chi connectivity index (χ1n) is 12.5.